The van der Waals surface area contributed by atoms with Crippen LogP contribution in [0.4, 0.5) is 0 Å². The van der Waals surface area contributed by atoms with Gasteiger partial charge in [-0.15, -0.1) is 48.8 Å². The predicted molar refractivity (Wildman–Crippen MR) is 209 cm³/mol. The molecule has 84 heavy (non-hydrogen) atoms. The molecule has 0 unspecified atom stereocenters. The third-order valence-corrected chi connectivity index (χ3v) is 10.9. The molecule has 12 atom stereocenters. The van der Waals surface area contributed by atoms with E-state index in [1.807, 2.05) is 0 Å². The summed E-state index contributed by atoms with van der Waals surface area (Å²) in [7, 11) is -40.1. The fourth-order valence-electron chi connectivity index (χ4n) is 3.49. The average Bonchev–Trinajstić information content (AvgIpc) is 3.29. The second-order valence-corrected chi connectivity index (χ2v) is 23.7. The summed E-state index contributed by atoms with van der Waals surface area (Å²) < 4.78 is 112. The van der Waals surface area contributed by atoms with Crippen molar-refractivity contribution in [2.24, 2.45) is 0 Å². The van der Waals surface area contributed by atoms with Gasteiger partial charge in [0.2, 0.25) is 0 Å². The van der Waals surface area contributed by atoms with Gasteiger partial charge in [0.05, 0.1) is 0 Å². The second kappa shape index (κ2) is 49.2. The van der Waals surface area contributed by atoms with E-state index in [0.717, 1.165) is 0 Å². The first-order chi connectivity index (χ1) is 35.3. The molecule has 0 amide bonds. The van der Waals surface area contributed by atoms with Gasteiger partial charge in [0.25, 0.3) is 0 Å². The SMILES string of the molecule is O=C(COP(=O)(O)O)[C@@H]([O-])[C@H]([O-])[C@H]([O-])COP(=O)(O)O.O=C(COP(=O)(O)O)[C@@H]([O-])[C@H]([O-])[C@H]([O-])COP(=O)(O)O.O=C(COP(=O)(O)O)[C@@H]([O-])[C@H]([O-])[C@H]([O-])COP(=O)(O)O.O=C(COP(=O)(O)O)[C@H]([O-])[C@@H]([O-])[C@@H]([O-])COP(=O)(O)O.[K+].[K+].[K+].[K+]. The van der Waals surface area contributed by atoms with Gasteiger partial charge >= 0.3 is 268 Å². The van der Waals surface area contributed by atoms with Crippen LogP contribution in [0.5, 0.6) is 0 Å². The smallest absolute Gasteiger partial charge is 0.853 e. The van der Waals surface area contributed by atoms with Gasteiger partial charge in [0.15, 0.2) is 0 Å². The molecule has 16 N–H and O–H groups in total. The Bertz CT molecular complexity index is 1980. The Morgan fingerprint density at radius 1 is 0.250 bits per heavy atom. The maximum atomic E-state index is 11.2. The minimum Gasteiger partial charge on any atom is -0.853 e. The first kappa shape index (κ1) is 106. The van der Waals surface area contributed by atoms with Crippen LogP contribution in [-0.2, 0) is 91.9 Å². The maximum absolute atomic E-state index is 11.2. The Kier molecular flexibility index (Phi) is 61.9. The van der Waals surface area contributed by atoms with Gasteiger partial charge in [0.1, 0.15) is 49.6 Å². The number of hydrogen-bond acceptors (Lipinski definition) is 32. The van der Waals surface area contributed by atoms with Crippen LogP contribution in [0.2, 0.25) is 0 Å². The number of hydrogen-bond donors (Lipinski definition) is 16. The molecule has 0 radical (unpaired) electrons. The zero-order valence-electron chi connectivity index (χ0n) is 42.4. The van der Waals surface area contributed by atoms with E-state index in [0.29, 0.717) is 0 Å². The monoisotopic (exact) mass is 1500 g/mol. The molecule has 0 saturated carbocycles. The Morgan fingerprint density at radius 3 is 0.452 bits per heavy atom. The van der Waals surface area contributed by atoms with Crippen molar-refractivity contribution in [3.05, 3.63) is 0 Å². The van der Waals surface area contributed by atoms with Crippen LogP contribution >= 0.6 is 62.6 Å². The van der Waals surface area contributed by atoms with Crippen LogP contribution in [0.1, 0.15) is 0 Å². The quantitative estimate of drug-likeness (QED) is 0.0205. The van der Waals surface area contributed by atoms with Crippen molar-refractivity contribution in [1.29, 1.82) is 0 Å². The van der Waals surface area contributed by atoms with Gasteiger partial charge in [-0.05, 0) is 0 Å². The number of ketones is 4. The Hall–Kier alpha value is 5.63. The molecule has 0 aromatic heterocycles. The van der Waals surface area contributed by atoms with Crippen molar-refractivity contribution in [3.8, 4) is 0 Å². The van der Waals surface area contributed by atoms with E-state index in [2.05, 4.69) is 36.2 Å². The van der Waals surface area contributed by atoms with Crippen molar-refractivity contribution < 1.29 is 437 Å². The Morgan fingerprint density at radius 2 is 0.357 bits per heavy atom. The summed E-state index contributed by atoms with van der Waals surface area (Å²) in [5.74, 6) is -6.31. The largest absolute Gasteiger partial charge is 1.00 e. The fraction of sp³-hybridized carbons (Fsp3) is 0.833. The van der Waals surface area contributed by atoms with E-state index in [1.165, 1.54) is 0 Å². The van der Waals surface area contributed by atoms with Gasteiger partial charge in [-0.25, -0.2) is 36.5 Å². The summed E-state index contributed by atoms with van der Waals surface area (Å²) in [5, 5.41) is 134. The topological polar surface area (TPSA) is 879 Å². The average molecular weight is 1500 g/mol. The van der Waals surface area contributed by atoms with E-state index >= 15 is 0 Å². The summed E-state index contributed by atoms with van der Waals surface area (Å²) in [6, 6.07) is 0. The van der Waals surface area contributed by atoms with Crippen LogP contribution in [0.15, 0.2) is 0 Å². The van der Waals surface area contributed by atoms with Crippen molar-refractivity contribution in [2.75, 3.05) is 52.9 Å². The van der Waals surface area contributed by atoms with Crippen LogP contribution in [0.3, 0.4) is 0 Å². The van der Waals surface area contributed by atoms with Crippen molar-refractivity contribution in [2.45, 2.75) is 73.2 Å². The molecule has 480 valence electrons. The molecule has 48 nitrogen and oxygen atoms in total. The molecule has 0 spiro atoms. The summed E-state index contributed by atoms with van der Waals surface area (Å²) in [4.78, 5) is 176. The standard InChI is InChI=1S/4C6H11O12P2.4K/c4*7-3(1-17-19(11,12)13)5(9)6(10)4(8)2-18-20(14,15)16;;;;/h4*3,5-6H,1-2H2,(H2,11,12,13)(H2,14,15,16);;;;/q4*-3;4*+1/t4*3-,5-,6-;;;;/m1110..../s1. The van der Waals surface area contributed by atoms with Gasteiger partial charge in [-0.3, -0.25) is 55.4 Å². The molecule has 0 saturated heterocycles. The predicted octanol–water partition coefficient (Wildman–Crippen LogP) is -32.1. The number of carbonyl (C=O) groups is 4. The third kappa shape index (κ3) is 63.7. The number of Topliss-reactive ketones (excluding diaryl/α,β-unsaturated/α-hetero) is 4. The second-order valence-electron chi connectivity index (χ2n) is 13.8. The number of rotatable bonds is 36. The van der Waals surface area contributed by atoms with E-state index < -0.39 is 212 Å². The number of phosphoric acid groups is 8. The van der Waals surface area contributed by atoms with Crippen LogP contribution < -0.4 is 267 Å². The van der Waals surface area contributed by atoms with Crippen molar-refractivity contribution >= 4 is 85.7 Å². The normalized spacial score (nSPS) is 16.7. The minimum absolute atomic E-state index is 0. The van der Waals surface area contributed by atoms with Crippen molar-refractivity contribution in [3.63, 3.8) is 0 Å². The molecule has 0 heterocycles. The first-order valence-corrected chi connectivity index (χ1v) is 31.2. The molecule has 0 rings (SSSR count). The molecule has 0 bridgehead atoms. The molecule has 0 aliphatic heterocycles. The van der Waals surface area contributed by atoms with E-state index in [9.17, 15) is 117 Å². The third-order valence-electron chi connectivity index (χ3n) is 7.06. The van der Waals surface area contributed by atoms with Gasteiger partial charge < -0.3 is 140 Å². The van der Waals surface area contributed by atoms with Gasteiger partial charge in [0, 0.05) is 26.4 Å². The molecule has 0 aliphatic carbocycles. The number of phosphoric ester groups is 8. The minimum atomic E-state index is -5.02. The molecule has 60 heteroatoms. The molecular formula is C24H44K4O48P8-8. The summed E-state index contributed by atoms with van der Waals surface area (Å²) in [6.07, 6.45) is -31.4. The summed E-state index contributed by atoms with van der Waals surface area (Å²) in [5.41, 5.74) is 0. The summed E-state index contributed by atoms with van der Waals surface area (Å²) in [6.45, 7) is -10.7. The molecule has 0 aliphatic rings. The van der Waals surface area contributed by atoms with E-state index in [1.54, 1.807) is 0 Å². The van der Waals surface area contributed by atoms with Crippen LogP contribution in [-0.4, -0.2) is 228 Å². The van der Waals surface area contributed by atoms with Crippen LogP contribution in [0.25, 0.3) is 0 Å². The van der Waals surface area contributed by atoms with Gasteiger partial charge in [-0.1, -0.05) is 24.4 Å². The maximum Gasteiger partial charge on any atom is 1.00 e. The van der Waals surface area contributed by atoms with Crippen LogP contribution in [0, 0.1) is 0 Å². The Labute approximate surface area is 638 Å². The molecular weight excluding hydrogens is 1460 g/mol. The zero-order chi connectivity index (χ0) is 64.6. The Balaban J connectivity index is -0.000000150. The molecule has 0 fully saturated rings. The van der Waals surface area contributed by atoms with Crippen molar-refractivity contribution in [1.82, 2.24) is 0 Å². The number of carbonyl (C=O) groups excluding carboxylic acids is 4. The summed E-state index contributed by atoms with van der Waals surface area (Å²) >= 11 is 0. The zero-order valence-corrected chi connectivity index (χ0v) is 62.0. The van der Waals surface area contributed by atoms with Gasteiger partial charge in [-0.2, -0.15) is 0 Å². The van der Waals surface area contributed by atoms with E-state index in [-0.39, 0.29) is 206 Å². The molecule has 0 aromatic rings. The van der Waals surface area contributed by atoms with E-state index in [4.69, 9.17) is 78.3 Å². The first-order valence-electron chi connectivity index (χ1n) is 18.9. The molecule has 0 aromatic carbocycles. The fourth-order valence-corrected chi connectivity index (χ4v) is 6.04.